The van der Waals surface area contributed by atoms with Crippen LogP contribution in [0.25, 0.3) is 0 Å². The van der Waals surface area contributed by atoms with Crippen LogP contribution in [0.5, 0.6) is 0 Å². The average molecular weight is 455 g/mol. The number of carbonyl (C=O) groups excluding carboxylic acids is 1. The van der Waals surface area contributed by atoms with E-state index in [4.69, 9.17) is 0 Å². The van der Waals surface area contributed by atoms with Gasteiger partial charge >= 0.3 is 6.18 Å². The number of hydrogen-bond donors (Lipinski definition) is 2. The summed E-state index contributed by atoms with van der Waals surface area (Å²) in [4.78, 5) is 19.4. The standard InChI is InChI=1S/C25H24F3N3O2/c26-25(27,28)19-5-1-4-17(15-19)14-18-8-10-30-23(16-18)31(12-3-13-32)24(33)21-6-2-7-22-20(21)9-11-29-22/h1-2,4-8,10,15-16,29,32H,3,9,11-14H2. The lowest BCUT2D eigenvalue weighted by atomic mass is 10.0. The zero-order valence-corrected chi connectivity index (χ0v) is 17.9. The highest BCUT2D eigenvalue weighted by Crippen LogP contribution is 2.31. The molecule has 0 saturated heterocycles. The third kappa shape index (κ3) is 5.17. The number of aromatic nitrogens is 1. The summed E-state index contributed by atoms with van der Waals surface area (Å²) in [5.74, 6) is 0.189. The van der Waals surface area contributed by atoms with E-state index < -0.39 is 11.7 Å². The summed E-state index contributed by atoms with van der Waals surface area (Å²) in [5.41, 5.74) is 3.04. The van der Waals surface area contributed by atoms with Gasteiger partial charge in [-0.25, -0.2) is 4.98 Å². The van der Waals surface area contributed by atoms with E-state index in [0.717, 1.165) is 41.9 Å². The SMILES string of the molecule is O=C(c1cccc2c1CCN2)N(CCCO)c1cc(Cc2cccc(C(F)(F)F)c2)ccn1. The Kier molecular flexibility index (Phi) is 6.65. The fraction of sp³-hybridized carbons (Fsp3) is 0.280. The molecule has 0 bridgehead atoms. The van der Waals surface area contributed by atoms with Crippen LogP contribution in [0, 0.1) is 0 Å². The number of amides is 1. The summed E-state index contributed by atoms with van der Waals surface area (Å²) in [7, 11) is 0. The van der Waals surface area contributed by atoms with Gasteiger partial charge in [0.25, 0.3) is 5.91 Å². The highest BCUT2D eigenvalue weighted by atomic mass is 19.4. The Bertz CT molecular complexity index is 1150. The van der Waals surface area contributed by atoms with Gasteiger partial charge < -0.3 is 10.4 Å². The molecule has 33 heavy (non-hydrogen) atoms. The number of benzene rings is 2. The van der Waals surface area contributed by atoms with E-state index in [-0.39, 0.29) is 25.5 Å². The quantitative estimate of drug-likeness (QED) is 0.543. The molecule has 0 fully saturated rings. The number of aliphatic hydroxyl groups is 1. The number of pyridine rings is 1. The highest BCUT2D eigenvalue weighted by molar-refractivity contribution is 6.07. The van der Waals surface area contributed by atoms with Crippen LogP contribution in [0.3, 0.4) is 0 Å². The molecule has 0 aliphatic carbocycles. The van der Waals surface area contributed by atoms with Crippen LogP contribution in [0.4, 0.5) is 24.7 Å². The summed E-state index contributed by atoms with van der Waals surface area (Å²) in [6, 6.07) is 14.2. The monoisotopic (exact) mass is 455 g/mol. The predicted molar refractivity (Wildman–Crippen MR) is 121 cm³/mol. The number of nitrogens with one attached hydrogen (secondary N) is 1. The molecule has 1 aliphatic heterocycles. The van der Waals surface area contributed by atoms with Crippen LogP contribution in [0.15, 0.2) is 60.8 Å². The Morgan fingerprint density at radius 3 is 2.67 bits per heavy atom. The van der Waals surface area contributed by atoms with Gasteiger partial charge in [-0.1, -0.05) is 24.3 Å². The van der Waals surface area contributed by atoms with E-state index in [1.54, 1.807) is 30.5 Å². The molecule has 2 heterocycles. The van der Waals surface area contributed by atoms with Crippen molar-refractivity contribution in [1.82, 2.24) is 4.98 Å². The molecule has 0 spiro atoms. The Morgan fingerprint density at radius 2 is 1.88 bits per heavy atom. The zero-order chi connectivity index (χ0) is 23.4. The fourth-order valence-electron chi connectivity index (χ4n) is 4.05. The largest absolute Gasteiger partial charge is 0.416 e. The minimum Gasteiger partial charge on any atom is -0.396 e. The molecule has 0 unspecified atom stereocenters. The molecule has 1 aliphatic rings. The van der Waals surface area contributed by atoms with Gasteiger partial charge in [-0.2, -0.15) is 13.2 Å². The first kappa shape index (κ1) is 22.8. The summed E-state index contributed by atoms with van der Waals surface area (Å²) in [6.45, 7) is 0.954. The molecule has 0 atom stereocenters. The van der Waals surface area contributed by atoms with E-state index in [0.29, 0.717) is 23.4 Å². The Morgan fingerprint density at radius 1 is 1.09 bits per heavy atom. The van der Waals surface area contributed by atoms with Crippen molar-refractivity contribution >= 4 is 17.4 Å². The van der Waals surface area contributed by atoms with Crippen LogP contribution in [0.2, 0.25) is 0 Å². The Balaban J connectivity index is 1.63. The molecule has 5 nitrogen and oxygen atoms in total. The number of halogens is 3. The minimum absolute atomic E-state index is 0.0812. The van der Waals surface area contributed by atoms with Crippen molar-refractivity contribution in [3.8, 4) is 0 Å². The van der Waals surface area contributed by atoms with Crippen molar-refractivity contribution in [3.63, 3.8) is 0 Å². The molecule has 1 aromatic heterocycles. The first-order valence-electron chi connectivity index (χ1n) is 10.8. The van der Waals surface area contributed by atoms with Gasteiger partial charge in [0.15, 0.2) is 0 Å². The smallest absolute Gasteiger partial charge is 0.396 e. The summed E-state index contributed by atoms with van der Waals surface area (Å²) in [6.07, 6.45) is -1.47. The highest BCUT2D eigenvalue weighted by Gasteiger charge is 2.30. The molecular weight excluding hydrogens is 431 g/mol. The minimum atomic E-state index is -4.41. The second kappa shape index (κ2) is 9.62. The van der Waals surface area contributed by atoms with Gasteiger partial charge in [-0.3, -0.25) is 9.69 Å². The number of hydrogen-bond acceptors (Lipinski definition) is 4. The van der Waals surface area contributed by atoms with Gasteiger partial charge in [0, 0.05) is 37.1 Å². The van der Waals surface area contributed by atoms with E-state index in [1.807, 2.05) is 12.1 Å². The number of rotatable bonds is 7. The lowest BCUT2D eigenvalue weighted by molar-refractivity contribution is -0.137. The van der Waals surface area contributed by atoms with Gasteiger partial charge in [0.1, 0.15) is 5.82 Å². The maximum absolute atomic E-state index is 13.5. The van der Waals surface area contributed by atoms with E-state index in [9.17, 15) is 23.1 Å². The van der Waals surface area contributed by atoms with Gasteiger partial charge in [-0.05, 0) is 66.3 Å². The molecule has 0 saturated carbocycles. The third-order valence-corrected chi connectivity index (χ3v) is 5.63. The van der Waals surface area contributed by atoms with Crippen molar-refractivity contribution in [2.75, 3.05) is 29.9 Å². The van der Waals surface area contributed by atoms with Crippen molar-refractivity contribution in [1.29, 1.82) is 0 Å². The topological polar surface area (TPSA) is 65.5 Å². The van der Waals surface area contributed by atoms with Gasteiger partial charge in [0.05, 0.1) is 5.56 Å². The van der Waals surface area contributed by atoms with E-state index >= 15 is 0 Å². The first-order valence-corrected chi connectivity index (χ1v) is 10.8. The van der Waals surface area contributed by atoms with Gasteiger partial charge in [-0.15, -0.1) is 0 Å². The molecular formula is C25H24F3N3O2. The number of nitrogens with zero attached hydrogens (tertiary/aromatic N) is 2. The van der Waals surface area contributed by atoms with Crippen molar-refractivity contribution in [2.45, 2.75) is 25.4 Å². The molecule has 172 valence electrons. The second-order valence-electron chi connectivity index (χ2n) is 7.94. The fourth-order valence-corrected chi connectivity index (χ4v) is 4.05. The lowest BCUT2D eigenvalue weighted by Gasteiger charge is -2.23. The number of alkyl halides is 3. The van der Waals surface area contributed by atoms with Crippen molar-refractivity contribution in [3.05, 3.63) is 88.6 Å². The maximum Gasteiger partial charge on any atom is 0.416 e. The van der Waals surface area contributed by atoms with Crippen molar-refractivity contribution < 1.29 is 23.1 Å². The molecule has 8 heteroatoms. The van der Waals surface area contributed by atoms with E-state index in [2.05, 4.69) is 10.3 Å². The molecule has 4 rings (SSSR count). The first-order chi connectivity index (χ1) is 15.9. The van der Waals surface area contributed by atoms with Gasteiger partial charge in [0.2, 0.25) is 0 Å². The normalized spacial score (nSPS) is 12.8. The lowest BCUT2D eigenvalue weighted by Crippen LogP contribution is -2.33. The van der Waals surface area contributed by atoms with Crippen LogP contribution in [-0.4, -0.2) is 35.7 Å². The summed E-state index contributed by atoms with van der Waals surface area (Å²) in [5, 5.41) is 12.6. The predicted octanol–water partition coefficient (Wildman–Crippen LogP) is 4.69. The second-order valence-corrected chi connectivity index (χ2v) is 7.94. The Labute approximate surface area is 189 Å². The van der Waals surface area contributed by atoms with Crippen LogP contribution < -0.4 is 10.2 Å². The van der Waals surface area contributed by atoms with Crippen LogP contribution >= 0.6 is 0 Å². The molecule has 2 N–H and O–H groups in total. The van der Waals surface area contributed by atoms with Crippen LogP contribution in [-0.2, 0) is 19.0 Å². The molecule has 0 radical (unpaired) electrons. The number of carbonyl (C=O) groups is 1. The molecule has 2 aromatic carbocycles. The third-order valence-electron chi connectivity index (χ3n) is 5.63. The average Bonchev–Trinajstić information content (AvgIpc) is 3.28. The Hall–Kier alpha value is -3.39. The van der Waals surface area contributed by atoms with E-state index in [1.165, 1.54) is 11.0 Å². The van der Waals surface area contributed by atoms with Crippen molar-refractivity contribution in [2.24, 2.45) is 0 Å². The van der Waals surface area contributed by atoms with Crippen LogP contribution in [0.1, 0.15) is 39.0 Å². The molecule has 1 amide bonds. The number of anilines is 2. The maximum atomic E-state index is 13.5. The zero-order valence-electron chi connectivity index (χ0n) is 17.9. The summed E-state index contributed by atoms with van der Waals surface area (Å²) >= 11 is 0. The molecule has 3 aromatic rings. The number of aliphatic hydroxyl groups excluding tert-OH is 1. The summed E-state index contributed by atoms with van der Waals surface area (Å²) < 4.78 is 39.2. The number of fused-ring (bicyclic) bond motifs is 1.